The molecule has 1 aliphatic heterocycles. The van der Waals surface area contributed by atoms with Crippen molar-refractivity contribution in [2.45, 2.75) is 25.3 Å². The van der Waals surface area contributed by atoms with Gasteiger partial charge in [0.25, 0.3) is 5.91 Å². The quantitative estimate of drug-likeness (QED) is 0.797. The van der Waals surface area contributed by atoms with Gasteiger partial charge in [0.05, 0.1) is 12.7 Å². The smallest absolute Gasteiger partial charge is 0.257 e. The number of hydrogen-bond donors (Lipinski definition) is 1. The molecular weight excluding hydrogens is 338 g/mol. The molecule has 1 aliphatic rings. The van der Waals surface area contributed by atoms with Gasteiger partial charge >= 0.3 is 0 Å². The number of likely N-dealkylation sites (tertiary alicyclic amines) is 1. The molecule has 2 N–H and O–H groups in total. The van der Waals surface area contributed by atoms with E-state index in [1.165, 1.54) is 5.56 Å². The number of benzene rings is 2. The van der Waals surface area contributed by atoms with Crippen LogP contribution in [0.2, 0.25) is 0 Å². The van der Waals surface area contributed by atoms with E-state index in [4.69, 9.17) is 10.5 Å². The highest BCUT2D eigenvalue weighted by molar-refractivity contribution is 5.97. The van der Waals surface area contributed by atoms with Gasteiger partial charge in [-0.1, -0.05) is 30.3 Å². The predicted octanol–water partition coefficient (Wildman–Crippen LogP) is 3.06. The summed E-state index contributed by atoms with van der Waals surface area (Å²) in [5.41, 5.74) is 8.35. The SMILES string of the molecule is COc1cc(N)ccc1C(=O)N1CCC(N(C)CCc2ccccc2)CC1. The summed E-state index contributed by atoms with van der Waals surface area (Å²) in [4.78, 5) is 17.2. The normalized spacial score (nSPS) is 15.1. The lowest BCUT2D eigenvalue weighted by molar-refractivity contribution is 0.0644. The van der Waals surface area contributed by atoms with Gasteiger partial charge in [0.15, 0.2) is 0 Å². The highest BCUT2D eigenvalue weighted by atomic mass is 16.5. The third-order valence-corrected chi connectivity index (χ3v) is 5.43. The molecular formula is C22H29N3O2. The van der Waals surface area contributed by atoms with Gasteiger partial charge in [-0.2, -0.15) is 0 Å². The van der Waals surface area contributed by atoms with E-state index in [1.807, 2.05) is 4.90 Å². The molecule has 2 aromatic rings. The molecule has 0 aromatic heterocycles. The van der Waals surface area contributed by atoms with Gasteiger partial charge in [0.2, 0.25) is 0 Å². The van der Waals surface area contributed by atoms with Crippen molar-refractivity contribution < 1.29 is 9.53 Å². The zero-order valence-electron chi connectivity index (χ0n) is 16.2. The van der Waals surface area contributed by atoms with Gasteiger partial charge in [-0.05, 0) is 44.0 Å². The molecule has 1 amide bonds. The molecule has 5 nitrogen and oxygen atoms in total. The van der Waals surface area contributed by atoms with Gasteiger partial charge in [0, 0.05) is 37.4 Å². The molecule has 144 valence electrons. The first kappa shape index (κ1) is 19.2. The van der Waals surface area contributed by atoms with Crippen molar-refractivity contribution >= 4 is 11.6 Å². The Morgan fingerprint density at radius 2 is 1.89 bits per heavy atom. The Hall–Kier alpha value is -2.53. The topological polar surface area (TPSA) is 58.8 Å². The van der Waals surface area contributed by atoms with Crippen molar-refractivity contribution in [2.24, 2.45) is 0 Å². The molecule has 0 saturated carbocycles. The van der Waals surface area contributed by atoms with Gasteiger partial charge in [0.1, 0.15) is 5.75 Å². The molecule has 0 unspecified atom stereocenters. The Kier molecular flexibility index (Phi) is 6.35. The van der Waals surface area contributed by atoms with Crippen LogP contribution in [0.1, 0.15) is 28.8 Å². The largest absolute Gasteiger partial charge is 0.496 e. The number of likely N-dealkylation sites (N-methyl/N-ethyl adjacent to an activating group) is 1. The number of nitrogen functional groups attached to an aromatic ring is 1. The Morgan fingerprint density at radius 1 is 1.19 bits per heavy atom. The van der Waals surface area contributed by atoms with Crippen LogP contribution in [0, 0.1) is 0 Å². The zero-order chi connectivity index (χ0) is 19.2. The van der Waals surface area contributed by atoms with Crippen LogP contribution in [0.15, 0.2) is 48.5 Å². The van der Waals surface area contributed by atoms with E-state index < -0.39 is 0 Å². The molecule has 0 aliphatic carbocycles. The molecule has 0 bridgehead atoms. The summed E-state index contributed by atoms with van der Waals surface area (Å²) in [6.07, 6.45) is 3.04. The molecule has 1 fully saturated rings. The summed E-state index contributed by atoms with van der Waals surface area (Å²) >= 11 is 0. The number of anilines is 1. The summed E-state index contributed by atoms with van der Waals surface area (Å²) in [5, 5.41) is 0. The van der Waals surface area contributed by atoms with Crippen LogP contribution >= 0.6 is 0 Å². The monoisotopic (exact) mass is 367 g/mol. The number of piperidine rings is 1. The number of hydrogen-bond acceptors (Lipinski definition) is 4. The fourth-order valence-corrected chi connectivity index (χ4v) is 3.70. The first-order valence-electron chi connectivity index (χ1n) is 9.55. The lowest BCUT2D eigenvalue weighted by Crippen LogP contribution is -2.46. The van der Waals surface area contributed by atoms with Crippen LogP contribution in [-0.4, -0.2) is 55.5 Å². The molecule has 0 spiro atoms. The third-order valence-electron chi connectivity index (χ3n) is 5.43. The van der Waals surface area contributed by atoms with Crippen molar-refractivity contribution in [1.29, 1.82) is 0 Å². The van der Waals surface area contributed by atoms with Crippen LogP contribution in [0.3, 0.4) is 0 Å². The second-order valence-electron chi connectivity index (χ2n) is 7.20. The maximum atomic E-state index is 12.9. The van der Waals surface area contributed by atoms with E-state index in [0.717, 1.165) is 38.9 Å². The van der Waals surface area contributed by atoms with E-state index in [0.29, 0.717) is 23.0 Å². The minimum Gasteiger partial charge on any atom is -0.496 e. The molecule has 27 heavy (non-hydrogen) atoms. The van der Waals surface area contributed by atoms with Crippen LogP contribution in [0.5, 0.6) is 5.75 Å². The molecule has 3 rings (SSSR count). The summed E-state index contributed by atoms with van der Waals surface area (Å²) in [6.45, 7) is 2.58. The predicted molar refractivity (Wildman–Crippen MR) is 109 cm³/mol. The van der Waals surface area contributed by atoms with Crippen molar-refractivity contribution in [3.05, 3.63) is 59.7 Å². The van der Waals surface area contributed by atoms with Crippen LogP contribution in [0.4, 0.5) is 5.69 Å². The molecule has 5 heteroatoms. The number of amides is 1. The highest BCUT2D eigenvalue weighted by Crippen LogP contribution is 2.25. The number of carbonyl (C=O) groups is 1. The Morgan fingerprint density at radius 3 is 2.56 bits per heavy atom. The number of nitrogens with two attached hydrogens (primary N) is 1. The highest BCUT2D eigenvalue weighted by Gasteiger charge is 2.27. The van der Waals surface area contributed by atoms with E-state index in [2.05, 4.69) is 42.3 Å². The van der Waals surface area contributed by atoms with Crippen LogP contribution in [0.25, 0.3) is 0 Å². The first-order valence-corrected chi connectivity index (χ1v) is 9.55. The fourth-order valence-electron chi connectivity index (χ4n) is 3.70. The number of carbonyl (C=O) groups excluding carboxylic acids is 1. The number of nitrogens with zero attached hydrogens (tertiary/aromatic N) is 2. The van der Waals surface area contributed by atoms with E-state index in [9.17, 15) is 4.79 Å². The average Bonchev–Trinajstić information content (AvgIpc) is 2.72. The van der Waals surface area contributed by atoms with E-state index in [1.54, 1.807) is 25.3 Å². The lowest BCUT2D eigenvalue weighted by atomic mass is 10.0. The van der Waals surface area contributed by atoms with Gasteiger partial charge < -0.3 is 20.3 Å². The summed E-state index contributed by atoms with van der Waals surface area (Å²) in [7, 11) is 3.76. The van der Waals surface area contributed by atoms with Crippen molar-refractivity contribution in [3.8, 4) is 5.75 Å². The second-order valence-corrected chi connectivity index (χ2v) is 7.20. The van der Waals surface area contributed by atoms with E-state index in [-0.39, 0.29) is 5.91 Å². The number of ether oxygens (including phenoxy) is 1. The molecule has 2 aromatic carbocycles. The van der Waals surface area contributed by atoms with E-state index >= 15 is 0 Å². The lowest BCUT2D eigenvalue weighted by Gasteiger charge is -2.37. The first-order chi connectivity index (χ1) is 13.1. The Balaban J connectivity index is 1.53. The maximum Gasteiger partial charge on any atom is 0.257 e. The Bertz CT molecular complexity index is 755. The minimum absolute atomic E-state index is 0.0252. The standard InChI is InChI=1S/C22H29N3O2/c1-24(13-10-17-6-4-3-5-7-17)19-11-14-25(15-12-19)22(26)20-9-8-18(23)16-21(20)27-2/h3-9,16,19H,10-15,23H2,1-2H3. The van der Waals surface area contributed by atoms with Gasteiger partial charge in [-0.15, -0.1) is 0 Å². The van der Waals surface area contributed by atoms with Gasteiger partial charge in [-0.3, -0.25) is 4.79 Å². The summed E-state index contributed by atoms with van der Waals surface area (Å²) in [5.74, 6) is 0.569. The summed E-state index contributed by atoms with van der Waals surface area (Å²) < 4.78 is 5.34. The third kappa shape index (κ3) is 4.80. The van der Waals surface area contributed by atoms with Gasteiger partial charge in [-0.25, -0.2) is 0 Å². The maximum absolute atomic E-state index is 12.9. The zero-order valence-corrected chi connectivity index (χ0v) is 16.2. The fraction of sp³-hybridized carbons (Fsp3) is 0.409. The average molecular weight is 367 g/mol. The van der Waals surface area contributed by atoms with Crippen LogP contribution in [-0.2, 0) is 6.42 Å². The van der Waals surface area contributed by atoms with Crippen LogP contribution < -0.4 is 10.5 Å². The summed E-state index contributed by atoms with van der Waals surface area (Å²) in [6, 6.07) is 16.3. The molecule has 0 radical (unpaired) electrons. The molecule has 1 heterocycles. The Labute approximate surface area is 161 Å². The number of methoxy groups -OCH3 is 1. The molecule has 0 atom stereocenters. The second kappa shape index (κ2) is 8.91. The molecule has 1 saturated heterocycles. The van der Waals surface area contributed by atoms with Crippen molar-refractivity contribution in [1.82, 2.24) is 9.80 Å². The number of rotatable bonds is 6. The minimum atomic E-state index is 0.0252. The van der Waals surface area contributed by atoms with Crippen molar-refractivity contribution in [2.75, 3.05) is 39.5 Å². The van der Waals surface area contributed by atoms with Crippen molar-refractivity contribution in [3.63, 3.8) is 0 Å².